The van der Waals surface area contributed by atoms with Gasteiger partial charge in [0.2, 0.25) is 10.0 Å². The number of aliphatic hydroxyl groups excluding tert-OH is 1. The maximum absolute atomic E-state index is 12.5. The van der Waals surface area contributed by atoms with Crippen LogP contribution in [0.25, 0.3) is 0 Å². The van der Waals surface area contributed by atoms with Gasteiger partial charge in [-0.2, -0.15) is 4.31 Å². The first-order valence-corrected chi connectivity index (χ1v) is 8.35. The highest BCUT2D eigenvalue weighted by molar-refractivity contribution is 7.89. The molecule has 6 heteroatoms. The van der Waals surface area contributed by atoms with Gasteiger partial charge in [0.05, 0.1) is 11.5 Å². The summed E-state index contributed by atoms with van der Waals surface area (Å²) in [4.78, 5) is 0.273. The summed E-state index contributed by atoms with van der Waals surface area (Å²) in [6.07, 6.45) is 0. The van der Waals surface area contributed by atoms with Crippen LogP contribution in [0.4, 0.5) is 0 Å². The monoisotopic (exact) mass is 300 g/mol. The summed E-state index contributed by atoms with van der Waals surface area (Å²) in [5.41, 5.74) is 0.938. The fraction of sp³-hybridized carbons (Fsp3) is 0.571. The molecule has 1 aromatic rings. The molecule has 0 heterocycles. The van der Waals surface area contributed by atoms with Crippen LogP contribution < -0.4 is 5.32 Å². The molecule has 0 aliphatic rings. The number of hydrogen-bond donors (Lipinski definition) is 2. The molecule has 0 aliphatic heterocycles. The molecule has 0 amide bonds. The molecular weight excluding hydrogens is 276 g/mol. The first-order valence-electron chi connectivity index (χ1n) is 6.91. The highest BCUT2D eigenvalue weighted by Crippen LogP contribution is 2.20. The van der Waals surface area contributed by atoms with Gasteiger partial charge in [-0.3, -0.25) is 0 Å². The summed E-state index contributed by atoms with van der Waals surface area (Å²) in [7, 11) is -3.54. The van der Waals surface area contributed by atoms with Gasteiger partial charge in [-0.1, -0.05) is 26.0 Å². The molecule has 0 saturated carbocycles. The van der Waals surface area contributed by atoms with E-state index in [2.05, 4.69) is 5.32 Å². The van der Waals surface area contributed by atoms with Crippen molar-refractivity contribution in [2.45, 2.75) is 31.7 Å². The Labute approximate surface area is 121 Å². The summed E-state index contributed by atoms with van der Waals surface area (Å²) >= 11 is 0. The van der Waals surface area contributed by atoms with E-state index in [1.165, 1.54) is 4.31 Å². The smallest absolute Gasteiger partial charge is 0.243 e. The minimum Gasteiger partial charge on any atom is -0.395 e. The number of nitrogens with one attached hydrogen (secondary N) is 1. The molecule has 1 unspecified atom stereocenters. The van der Waals surface area contributed by atoms with Crippen molar-refractivity contribution in [1.29, 1.82) is 0 Å². The van der Waals surface area contributed by atoms with Gasteiger partial charge in [-0.15, -0.1) is 0 Å². The van der Waals surface area contributed by atoms with Crippen LogP contribution in [0.3, 0.4) is 0 Å². The number of rotatable bonds is 8. The Morgan fingerprint density at radius 2 is 2.05 bits per heavy atom. The van der Waals surface area contributed by atoms with Crippen molar-refractivity contribution in [2.24, 2.45) is 0 Å². The summed E-state index contributed by atoms with van der Waals surface area (Å²) in [6.45, 7) is 6.88. The van der Waals surface area contributed by atoms with Gasteiger partial charge in [0.15, 0.2) is 0 Å². The predicted molar refractivity (Wildman–Crippen MR) is 80.1 cm³/mol. The second-order valence-electron chi connectivity index (χ2n) is 4.57. The molecule has 20 heavy (non-hydrogen) atoms. The van der Waals surface area contributed by atoms with E-state index < -0.39 is 10.0 Å². The zero-order chi connectivity index (χ0) is 15.2. The number of nitrogens with zero attached hydrogens (tertiary/aromatic N) is 1. The van der Waals surface area contributed by atoms with E-state index in [1.54, 1.807) is 25.1 Å². The molecule has 5 nitrogen and oxygen atoms in total. The number of likely N-dealkylation sites (N-methyl/N-ethyl adjacent to an activating group) is 1. The third-order valence-corrected chi connectivity index (χ3v) is 5.18. The lowest BCUT2D eigenvalue weighted by Gasteiger charge is -2.20. The van der Waals surface area contributed by atoms with Gasteiger partial charge in [-0.25, -0.2) is 8.42 Å². The molecule has 1 aromatic carbocycles. The first-order chi connectivity index (χ1) is 9.47. The zero-order valence-corrected chi connectivity index (χ0v) is 13.2. The molecule has 0 aliphatic carbocycles. The Kier molecular flexibility index (Phi) is 6.61. The Morgan fingerprint density at radius 1 is 1.35 bits per heavy atom. The largest absolute Gasteiger partial charge is 0.395 e. The molecule has 0 radical (unpaired) electrons. The van der Waals surface area contributed by atoms with Crippen molar-refractivity contribution in [1.82, 2.24) is 9.62 Å². The van der Waals surface area contributed by atoms with E-state index in [4.69, 9.17) is 5.11 Å². The van der Waals surface area contributed by atoms with E-state index in [-0.39, 0.29) is 24.1 Å². The second kappa shape index (κ2) is 7.73. The second-order valence-corrected chi connectivity index (χ2v) is 6.51. The Hall–Kier alpha value is -0.950. The molecule has 2 N–H and O–H groups in total. The average molecular weight is 300 g/mol. The lowest BCUT2D eigenvalue weighted by molar-refractivity contribution is 0.257. The molecule has 1 atom stereocenters. The van der Waals surface area contributed by atoms with Gasteiger partial charge in [0.25, 0.3) is 0 Å². The van der Waals surface area contributed by atoms with Crippen LogP contribution in [0.15, 0.2) is 29.2 Å². The quantitative estimate of drug-likeness (QED) is 0.760. The van der Waals surface area contributed by atoms with Crippen molar-refractivity contribution in [3.63, 3.8) is 0 Å². The molecule has 1 rings (SSSR count). The third kappa shape index (κ3) is 4.02. The molecule has 0 spiro atoms. The van der Waals surface area contributed by atoms with E-state index in [0.717, 1.165) is 12.1 Å². The Balaban J connectivity index is 3.09. The normalized spacial score (nSPS) is 13.7. The van der Waals surface area contributed by atoms with Crippen molar-refractivity contribution in [3.8, 4) is 0 Å². The maximum Gasteiger partial charge on any atom is 0.243 e. The van der Waals surface area contributed by atoms with Crippen molar-refractivity contribution >= 4 is 10.0 Å². The van der Waals surface area contributed by atoms with Crippen LogP contribution in [0.5, 0.6) is 0 Å². The van der Waals surface area contributed by atoms with E-state index in [1.807, 2.05) is 19.9 Å². The van der Waals surface area contributed by atoms with Gasteiger partial charge in [0.1, 0.15) is 0 Å². The minimum atomic E-state index is -3.54. The lowest BCUT2D eigenvalue weighted by atomic mass is 10.1. The fourth-order valence-corrected chi connectivity index (χ4v) is 3.57. The molecular formula is C14H24N2O3S. The SMILES string of the molecule is CCNC(C)c1cccc(S(=O)(=O)N(CC)CCO)c1. The molecule has 0 fully saturated rings. The van der Waals surface area contributed by atoms with Crippen LogP contribution in [-0.4, -0.2) is 44.1 Å². The van der Waals surface area contributed by atoms with Crippen molar-refractivity contribution in [3.05, 3.63) is 29.8 Å². The highest BCUT2D eigenvalue weighted by atomic mass is 32.2. The van der Waals surface area contributed by atoms with E-state index in [9.17, 15) is 8.42 Å². The summed E-state index contributed by atoms with van der Waals surface area (Å²) in [5, 5.41) is 12.2. The molecule has 114 valence electrons. The van der Waals surface area contributed by atoms with Crippen LogP contribution in [-0.2, 0) is 10.0 Å². The third-order valence-electron chi connectivity index (χ3n) is 3.21. The first kappa shape index (κ1) is 17.1. The van der Waals surface area contributed by atoms with Crippen molar-refractivity contribution < 1.29 is 13.5 Å². The Morgan fingerprint density at radius 3 is 2.60 bits per heavy atom. The number of benzene rings is 1. The summed E-state index contributed by atoms with van der Waals surface area (Å²) in [6, 6.07) is 7.06. The summed E-state index contributed by atoms with van der Waals surface area (Å²) < 4.78 is 26.2. The highest BCUT2D eigenvalue weighted by Gasteiger charge is 2.23. The fourth-order valence-electron chi connectivity index (χ4n) is 2.08. The van der Waals surface area contributed by atoms with Gasteiger partial charge >= 0.3 is 0 Å². The summed E-state index contributed by atoms with van der Waals surface area (Å²) in [5.74, 6) is 0. The van der Waals surface area contributed by atoms with Crippen molar-refractivity contribution in [2.75, 3.05) is 26.2 Å². The van der Waals surface area contributed by atoms with Crippen LogP contribution in [0, 0.1) is 0 Å². The van der Waals surface area contributed by atoms with E-state index >= 15 is 0 Å². The van der Waals surface area contributed by atoms with E-state index in [0.29, 0.717) is 6.54 Å². The van der Waals surface area contributed by atoms with Gasteiger partial charge < -0.3 is 10.4 Å². The van der Waals surface area contributed by atoms with Crippen LogP contribution in [0.1, 0.15) is 32.4 Å². The predicted octanol–water partition coefficient (Wildman–Crippen LogP) is 1.36. The maximum atomic E-state index is 12.5. The Bertz CT molecular complexity index is 517. The van der Waals surface area contributed by atoms with Crippen LogP contribution >= 0.6 is 0 Å². The zero-order valence-electron chi connectivity index (χ0n) is 12.3. The topological polar surface area (TPSA) is 69.6 Å². The molecule has 0 bridgehead atoms. The number of aliphatic hydroxyl groups is 1. The molecule has 0 aromatic heterocycles. The van der Waals surface area contributed by atoms with Gasteiger partial charge in [0, 0.05) is 19.1 Å². The lowest BCUT2D eigenvalue weighted by Crippen LogP contribution is -2.33. The van der Waals surface area contributed by atoms with Gasteiger partial charge in [-0.05, 0) is 31.2 Å². The van der Waals surface area contributed by atoms with Crippen LogP contribution in [0.2, 0.25) is 0 Å². The molecule has 0 saturated heterocycles. The minimum absolute atomic E-state index is 0.100. The number of sulfonamides is 1. The average Bonchev–Trinajstić information content (AvgIpc) is 2.45. The standard InChI is InChI=1S/C14H24N2O3S/c1-4-15-12(3)13-7-6-8-14(11-13)20(18,19)16(5-2)9-10-17/h6-8,11-12,15,17H,4-5,9-10H2,1-3H3. The number of hydrogen-bond acceptors (Lipinski definition) is 4.